The van der Waals surface area contributed by atoms with Crippen molar-refractivity contribution in [3.63, 3.8) is 0 Å². The van der Waals surface area contributed by atoms with Gasteiger partial charge in [-0.2, -0.15) is 0 Å². The van der Waals surface area contributed by atoms with Gasteiger partial charge in [0.1, 0.15) is 6.04 Å². The summed E-state index contributed by atoms with van der Waals surface area (Å²) in [6, 6.07) is 14.0. The first-order valence-corrected chi connectivity index (χ1v) is 11.4. The number of nitrogens with zero attached hydrogens (tertiary/aromatic N) is 1. The zero-order valence-corrected chi connectivity index (χ0v) is 19.2. The van der Waals surface area contributed by atoms with E-state index in [9.17, 15) is 14.4 Å². The fourth-order valence-electron chi connectivity index (χ4n) is 3.89. The van der Waals surface area contributed by atoms with Crippen molar-refractivity contribution < 1.29 is 14.4 Å². The van der Waals surface area contributed by atoms with Crippen LogP contribution in [0.5, 0.6) is 0 Å². The van der Waals surface area contributed by atoms with Crippen LogP contribution in [0.15, 0.2) is 48.5 Å². The number of benzene rings is 2. The van der Waals surface area contributed by atoms with E-state index in [1.807, 2.05) is 62.1 Å². The molecule has 0 bridgehead atoms. The first-order valence-electron chi connectivity index (χ1n) is 11.4. The summed E-state index contributed by atoms with van der Waals surface area (Å²) in [6.45, 7) is 7.71. The lowest BCUT2D eigenvalue weighted by Gasteiger charge is -2.26. The van der Waals surface area contributed by atoms with Crippen LogP contribution in [0.1, 0.15) is 65.0 Å². The lowest BCUT2D eigenvalue weighted by Crippen LogP contribution is -2.49. The third-order valence-electron chi connectivity index (χ3n) is 5.83. The third-order valence-corrected chi connectivity index (χ3v) is 5.83. The maximum absolute atomic E-state index is 12.8. The van der Waals surface area contributed by atoms with Gasteiger partial charge in [0.05, 0.1) is 0 Å². The number of carbonyl (C=O) groups excluding carboxylic acids is 3. The summed E-state index contributed by atoms with van der Waals surface area (Å²) in [5.74, 6) is -0.482. The molecular formula is C26H33N3O3. The van der Waals surface area contributed by atoms with Crippen LogP contribution in [-0.4, -0.2) is 41.8 Å². The van der Waals surface area contributed by atoms with E-state index >= 15 is 0 Å². The van der Waals surface area contributed by atoms with E-state index < -0.39 is 6.04 Å². The Morgan fingerprint density at radius 3 is 2.25 bits per heavy atom. The highest BCUT2D eigenvalue weighted by Gasteiger charge is 2.24. The average Bonchev–Trinajstić information content (AvgIpc) is 2.81. The van der Waals surface area contributed by atoms with Gasteiger partial charge in [0.15, 0.2) is 0 Å². The molecular weight excluding hydrogens is 402 g/mol. The van der Waals surface area contributed by atoms with Crippen molar-refractivity contribution in [2.75, 3.05) is 13.1 Å². The van der Waals surface area contributed by atoms with Gasteiger partial charge in [-0.05, 0) is 61.9 Å². The van der Waals surface area contributed by atoms with Gasteiger partial charge in [-0.3, -0.25) is 14.4 Å². The second-order valence-corrected chi connectivity index (χ2v) is 8.83. The highest BCUT2D eigenvalue weighted by Crippen LogP contribution is 2.14. The zero-order valence-electron chi connectivity index (χ0n) is 19.2. The van der Waals surface area contributed by atoms with E-state index in [4.69, 9.17) is 0 Å². The van der Waals surface area contributed by atoms with Gasteiger partial charge >= 0.3 is 0 Å². The minimum Gasteiger partial charge on any atom is -0.350 e. The van der Waals surface area contributed by atoms with Crippen molar-refractivity contribution in [1.29, 1.82) is 0 Å². The molecule has 1 fully saturated rings. The molecule has 2 aromatic rings. The third kappa shape index (κ3) is 6.19. The molecule has 170 valence electrons. The second-order valence-electron chi connectivity index (χ2n) is 8.83. The lowest BCUT2D eigenvalue weighted by atomic mass is 10.0. The largest absolute Gasteiger partial charge is 0.350 e. The number of hydrogen-bond donors (Lipinski definition) is 2. The Labute approximate surface area is 190 Å². The molecule has 3 amide bonds. The Hall–Kier alpha value is -3.15. The van der Waals surface area contributed by atoms with Gasteiger partial charge in [-0.1, -0.05) is 43.7 Å². The van der Waals surface area contributed by atoms with Gasteiger partial charge in [-0.15, -0.1) is 0 Å². The quantitative estimate of drug-likeness (QED) is 0.696. The molecule has 32 heavy (non-hydrogen) atoms. The highest BCUT2D eigenvalue weighted by atomic mass is 16.2. The van der Waals surface area contributed by atoms with Crippen molar-refractivity contribution in [3.05, 3.63) is 70.8 Å². The maximum Gasteiger partial charge on any atom is 0.253 e. The van der Waals surface area contributed by atoms with Crippen LogP contribution in [0.4, 0.5) is 0 Å². The Morgan fingerprint density at radius 2 is 1.62 bits per heavy atom. The number of nitrogens with one attached hydrogen (secondary N) is 2. The van der Waals surface area contributed by atoms with Crippen LogP contribution >= 0.6 is 0 Å². The molecule has 1 saturated heterocycles. The fourth-order valence-corrected chi connectivity index (χ4v) is 3.89. The Kier molecular flexibility index (Phi) is 8.03. The van der Waals surface area contributed by atoms with E-state index in [0.29, 0.717) is 17.7 Å². The maximum atomic E-state index is 12.8. The van der Waals surface area contributed by atoms with E-state index in [2.05, 4.69) is 10.6 Å². The number of aryl methyl sites for hydroxylation is 1. The Bertz CT molecular complexity index is 947. The summed E-state index contributed by atoms with van der Waals surface area (Å²) >= 11 is 0. The van der Waals surface area contributed by atoms with Crippen molar-refractivity contribution in [3.8, 4) is 0 Å². The summed E-state index contributed by atoms with van der Waals surface area (Å²) in [4.78, 5) is 39.9. The monoisotopic (exact) mass is 435 g/mol. The average molecular weight is 436 g/mol. The fraction of sp³-hybridized carbons (Fsp3) is 0.423. The van der Waals surface area contributed by atoms with Crippen LogP contribution in [0.3, 0.4) is 0 Å². The van der Waals surface area contributed by atoms with E-state index in [0.717, 1.165) is 37.1 Å². The number of carbonyl (C=O) groups is 3. The smallest absolute Gasteiger partial charge is 0.253 e. The predicted octanol–water partition coefficient (Wildman–Crippen LogP) is 3.69. The summed E-state index contributed by atoms with van der Waals surface area (Å²) in [6.07, 6.45) is 3.31. The Balaban J connectivity index is 1.56. The minimum absolute atomic E-state index is 0.0618. The molecule has 1 aliphatic rings. The minimum atomic E-state index is -0.636. The SMILES string of the molecule is Cc1cccc(C(=O)N[C@@H](C(=O)NCc2ccc(C(=O)N3CCCCC3)cc2)C(C)C)c1. The normalized spacial score (nSPS) is 14.7. The van der Waals surface area contributed by atoms with E-state index in [-0.39, 0.29) is 23.6 Å². The van der Waals surface area contributed by atoms with E-state index in [1.54, 1.807) is 12.1 Å². The standard InChI is InChI=1S/C26H33N3O3/c1-18(2)23(28-24(30)22-9-7-8-19(3)16-22)25(31)27-17-20-10-12-21(13-11-20)26(32)29-14-5-4-6-15-29/h7-13,16,18,23H,4-6,14-15,17H2,1-3H3,(H,27,31)(H,28,30)/t23-/m1/s1. The second kappa shape index (κ2) is 10.9. The van der Waals surface area contributed by atoms with E-state index in [1.165, 1.54) is 6.42 Å². The number of amides is 3. The number of hydrogen-bond acceptors (Lipinski definition) is 3. The molecule has 1 atom stereocenters. The number of likely N-dealkylation sites (tertiary alicyclic amines) is 1. The first kappa shape index (κ1) is 23.5. The van der Waals surface area contributed by atoms with Crippen molar-refractivity contribution in [2.24, 2.45) is 5.92 Å². The molecule has 0 radical (unpaired) electrons. The van der Waals surface area contributed by atoms with Crippen molar-refractivity contribution in [1.82, 2.24) is 15.5 Å². The number of rotatable bonds is 7. The molecule has 0 aromatic heterocycles. The van der Waals surface area contributed by atoms with Crippen LogP contribution in [0.2, 0.25) is 0 Å². The molecule has 0 saturated carbocycles. The highest BCUT2D eigenvalue weighted by molar-refractivity contribution is 5.97. The Morgan fingerprint density at radius 1 is 0.938 bits per heavy atom. The van der Waals surface area contributed by atoms with Crippen molar-refractivity contribution in [2.45, 2.75) is 52.6 Å². The summed E-state index contributed by atoms with van der Waals surface area (Å²) in [5.41, 5.74) is 3.11. The topological polar surface area (TPSA) is 78.5 Å². The lowest BCUT2D eigenvalue weighted by molar-refractivity contribution is -0.124. The van der Waals surface area contributed by atoms with Gasteiger partial charge in [0.2, 0.25) is 5.91 Å². The summed E-state index contributed by atoms with van der Waals surface area (Å²) < 4.78 is 0. The number of piperidine rings is 1. The van der Waals surface area contributed by atoms with Crippen LogP contribution in [0.25, 0.3) is 0 Å². The molecule has 6 heteroatoms. The van der Waals surface area contributed by atoms with Gasteiger partial charge in [0.25, 0.3) is 11.8 Å². The molecule has 0 spiro atoms. The molecule has 1 aliphatic heterocycles. The van der Waals surface area contributed by atoms with Crippen LogP contribution in [-0.2, 0) is 11.3 Å². The molecule has 0 unspecified atom stereocenters. The van der Waals surface area contributed by atoms with Crippen LogP contribution < -0.4 is 10.6 Å². The predicted molar refractivity (Wildman–Crippen MR) is 125 cm³/mol. The molecule has 2 aromatic carbocycles. The molecule has 6 nitrogen and oxygen atoms in total. The molecule has 1 heterocycles. The zero-order chi connectivity index (χ0) is 23.1. The van der Waals surface area contributed by atoms with Gasteiger partial charge < -0.3 is 15.5 Å². The molecule has 3 rings (SSSR count). The molecule has 0 aliphatic carbocycles. The van der Waals surface area contributed by atoms with Gasteiger partial charge in [0, 0.05) is 30.8 Å². The van der Waals surface area contributed by atoms with Crippen LogP contribution in [0, 0.1) is 12.8 Å². The summed E-state index contributed by atoms with van der Waals surface area (Å²) in [5, 5.41) is 5.77. The summed E-state index contributed by atoms with van der Waals surface area (Å²) in [7, 11) is 0. The van der Waals surface area contributed by atoms with Gasteiger partial charge in [-0.25, -0.2) is 0 Å². The first-order chi connectivity index (χ1) is 15.3. The van der Waals surface area contributed by atoms with Crippen molar-refractivity contribution >= 4 is 17.7 Å². The molecule has 2 N–H and O–H groups in total.